The molecule has 0 fully saturated rings. The summed E-state index contributed by atoms with van der Waals surface area (Å²) in [6.07, 6.45) is 0. The number of allylic oxidation sites excluding steroid dienone is 2. The molecule has 1 aliphatic heterocycles. The van der Waals surface area contributed by atoms with Crippen LogP contribution in [0.2, 0.25) is 0 Å². The number of rotatable bonds is 5. The van der Waals surface area contributed by atoms with Crippen molar-refractivity contribution >= 4 is 11.8 Å². The van der Waals surface area contributed by atoms with Gasteiger partial charge in [-0.05, 0) is 25.0 Å². The van der Waals surface area contributed by atoms with E-state index in [1.54, 1.807) is 0 Å². The average molecular weight is 361 g/mol. The van der Waals surface area contributed by atoms with Gasteiger partial charge < -0.3 is 16.4 Å². The van der Waals surface area contributed by atoms with Gasteiger partial charge in [-0.25, -0.2) is 0 Å². The molecule has 5 nitrogen and oxygen atoms in total. The quantitative estimate of drug-likeness (QED) is 0.858. The highest BCUT2D eigenvalue weighted by atomic mass is 16.1. The van der Waals surface area contributed by atoms with Crippen LogP contribution in [0.25, 0.3) is 0 Å². The van der Waals surface area contributed by atoms with E-state index in [0.29, 0.717) is 17.7 Å². The largest absolute Gasteiger partial charge is 0.366 e. The zero-order chi connectivity index (χ0) is 19.6. The van der Waals surface area contributed by atoms with Gasteiger partial charge in [-0.2, -0.15) is 0 Å². The van der Waals surface area contributed by atoms with Gasteiger partial charge in [0.15, 0.2) is 0 Å². The molecule has 0 radical (unpaired) electrons. The third-order valence-corrected chi connectivity index (χ3v) is 5.01. The Balaban J connectivity index is 2.18. The van der Waals surface area contributed by atoms with Gasteiger partial charge in [0.25, 0.3) is 0 Å². The first-order valence-electron chi connectivity index (χ1n) is 8.79. The van der Waals surface area contributed by atoms with Crippen molar-refractivity contribution in [1.82, 2.24) is 4.90 Å². The van der Waals surface area contributed by atoms with E-state index in [1.165, 1.54) is 0 Å². The number of nitrogens with zero attached hydrogens (tertiary/aromatic N) is 1. The molecule has 1 heterocycles. The zero-order valence-electron chi connectivity index (χ0n) is 15.5. The minimum atomic E-state index is -0.562. The first-order chi connectivity index (χ1) is 12.9. The standard InChI is InChI=1S/C22H23N3O2/c1-14-18(21(23)26)20(17-11-7-4-8-12-17)19(22(24)27)15(2)25(14)13-16-9-5-3-6-10-16/h3-12,20H,13H2,1-2H3,(H2,23,26)(H2,24,27). The summed E-state index contributed by atoms with van der Waals surface area (Å²) < 4.78 is 0. The SMILES string of the molecule is CC1=C(C(N)=O)C(c2ccccc2)C(C(N)=O)=C(C)N1Cc1ccccc1. The maximum atomic E-state index is 12.4. The number of benzene rings is 2. The Labute approximate surface area is 159 Å². The van der Waals surface area contributed by atoms with Gasteiger partial charge in [0.1, 0.15) is 0 Å². The van der Waals surface area contributed by atoms with E-state index in [2.05, 4.69) is 0 Å². The zero-order valence-corrected chi connectivity index (χ0v) is 15.5. The molecule has 1 aliphatic rings. The molecule has 27 heavy (non-hydrogen) atoms. The molecule has 2 aromatic rings. The van der Waals surface area contributed by atoms with Crippen LogP contribution in [0, 0.1) is 0 Å². The molecule has 0 atom stereocenters. The predicted molar refractivity (Wildman–Crippen MR) is 105 cm³/mol. The van der Waals surface area contributed by atoms with Crippen molar-refractivity contribution in [2.24, 2.45) is 11.5 Å². The van der Waals surface area contributed by atoms with E-state index in [0.717, 1.165) is 22.5 Å². The first kappa shape index (κ1) is 18.5. The summed E-state index contributed by atoms with van der Waals surface area (Å²) >= 11 is 0. The lowest BCUT2D eigenvalue weighted by Crippen LogP contribution is -2.37. The maximum Gasteiger partial charge on any atom is 0.247 e. The van der Waals surface area contributed by atoms with E-state index in [-0.39, 0.29) is 0 Å². The Kier molecular flexibility index (Phi) is 5.12. The van der Waals surface area contributed by atoms with Gasteiger partial charge in [0.05, 0.1) is 0 Å². The van der Waals surface area contributed by atoms with Crippen LogP contribution in [0.4, 0.5) is 0 Å². The van der Waals surface area contributed by atoms with E-state index < -0.39 is 17.7 Å². The van der Waals surface area contributed by atoms with E-state index in [1.807, 2.05) is 79.4 Å². The van der Waals surface area contributed by atoms with Crippen molar-refractivity contribution in [2.75, 3.05) is 0 Å². The van der Waals surface area contributed by atoms with Crippen LogP contribution in [0.1, 0.15) is 30.9 Å². The molecule has 0 aromatic heterocycles. The average Bonchev–Trinajstić information content (AvgIpc) is 2.65. The highest BCUT2D eigenvalue weighted by Crippen LogP contribution is 2.41. The first-order valence-corrected chi connectivity index (χ1v) is 8.79. The van der Waals surface area contributed by atoms with Crippen LogP contribution < -0.4 is 11.5 Å². The van der Waals surface area contributed by atoms with Gasteiger partial charge >= 0.3 is 0 Å². The fraction of sp³-hybridized carbons (Fsp3) is 0.182. The van der Waals surface area contributed by atoms with Crippen LogP contribution in [0.3, 0.4) is 0 Å². The van der Waals surface area contributed by atoms with Crippen molar-refractivity contribution in [1.29, 1.82) is 0 Å². The minimum absolute atomic E-state index is 0.400. The van der Waals surface area contributed by atoms with Crippen LogP contribution in [0.5, 0.6) is 0 Å². The van der Waals surface area contributed by atoms with Gasteiger partial charge in [-0.3, -0.25) is 9.59 Å². The highest BCUT2D eigenvalue weighted by Gasteiger charge is 2.37. The number of amides is 2. The summed E-state index contributed by atoms with van der Waals surface area (Å²) in [6.45, 7) is 4.24. The number of primary amides is 2. The van der Waals surface area contributed by atoms with Gasteiger partial charge in [0.2, 0.25) is 11.8 Å². The molecule has 2 amide bonds. The number of nitrogens with two attached hydrogens (primary N) is 2. The van der Waals surface area contributed by atoms with Crippen molar-refractivity contribution < 1.29 is 9.59 Å². The van der Waals surface area contributed by atoms with Gasteiger partial charge in [-0.1, -0.05) is 60.7 Å². The Morgan fingerprint density at radius 2 is 1.26 bits per heavy atom. The minimum Gasteiger partial charge on any atom is -0.366 e. The molecule has 2 aromatic carbocycles. The third-order valence-electron chi connectivity index (χ3n) is 5.01. The van der Waals surface area contributed by atoms with E-state index >= 15 is 0 Å². The summed E-state index contributed by atoms with van der Waals surface area (Å²) in [5.41, 5.74) is 15.7. The number of carbonyl (C=O) groups excluding carboxylic acids is 2. The lowest BCUT2D eigenvalue weighted by Gasteiger charge is -2.38. The van der Waals surface area contributed by atoms with Gasteiger partial charge in [0, 0.05) is 35.0 Å². The summed E-state index contributed by atoms with van der Waals surface area (Å²) in [4.78, 5) is 26.7. The Morgan fingerprint density at radius 3 is 1.70 bits per heavy atom. The van der Waals surface area contributed by atoms with Crippen molar-refractivity contribution in [3.8, 4) is 0 Å². The lowest BCUT2D eigenvalue weighted by molar-refractivity contribution is -0.115. The summed E-state index contributed by atoms with van der Waals surface area (Å²) in [6, 6.07) is 19.2. The second kappa shape index (κ2) is 7.50. The monoisotopic (exact) mass is 361 g/mol. The maximum absolute atomic E-state index is 12.4. The molecular formula is C22H23N3O2. The molecule has 0 saturated heterocycles. The van der Waals surface area contributed by atoms with E-state index in [4.69, 9.17) is 11.5 Å². The molecule has 0 spiro atoms. The Hall–Kier alpha value is -3.34. The highest BCUT2D eigenvalue weighted by molar-refractivity contribution is 6.02. The molecule has 0 unspecified atom stereocenters. The predicted octanol–water partition coefficient (Wildman–Crippen LogP) is 2.80. The van der Waals surface area contributed by atoms with Crippen molar-refractivity contribution in [3.05, 3.63) is 94.3 Å². The summed E-state index contributed by atoms with van der Waals surface area (Å²) in [7, 11) is 0. The molecule has 4 N–H and O–H groups in total. The van der Waals surface area contributed by atoms with Crippen LogP contribution in [-0.4, -0.2) is 16.7 Å². The van der Waals surface area contributed by atoms with Crippen LogP contribution in [-0.2, 0) is 16.1 Å². The Morgan fingerprint density at radius 1 is 0.815 bits per heavy atom. The number of carbonyl (C=O) groups is 2. The summed E-state index contributed by atoms with van der Waals surface area (Å²) in [5, 5.41) is 0. The fourth-order valence-corrected chi connectivity index (χ4v) is 3.73. The molecule has 0 aliphatic carbocycles. The third kappa shape index (κ3) is 3.49. The van der Waals surface area contributed by atoms with Crippen LogP contribution in [0.15, 0.2) is 83.2 Å². The van der Waals surface area contributed by atoms with E-state index in [9.17, 15) is 9.59 Å². The van der Waals surface area contributed by atoms with Crippen LogP contribution >= 0.6 is 0 Å². The molecule has 3 rings (SSSR count). The number of hydrogen-bond acceptors (Lipinski definition) is 3. The normalized spacial score (nSPS) is 15.3. The second-order valence-electron chi connectivity index (χ2n) is 6.64. The molecule has 5 heteroatoms. The lowest BCUT2D eigenvalue weighted by atomic mass is 9.79. The van der Waals surface area contributed by atoms with Crippen molar-refractivity contribution in [3.63, 3.8) is 0 Å². The molecule has 0 saturated carbocycles. The van der Waals surface area contributed by atoms with Gasteiger partial charge in [-0.15, -0.1) is 0 Å². The molecular weight excluding hydrogens is 338 g/mol. The number of hydrogen-bond donors (Lipinski definition) is 2. The molecule has 138 valence electrons. The second-order valence-corrected chi connectivity index (χ2v) is 6.64. The Bertz CT molecular complexity index is 893. The molecule has 0 bridgehead atoms. The van der Waals surface area contributed by atoms with Crippen molar-refractivity contribution in [2.45, 2.75) is 26.3 Å². The smallest absolute Gasteiger partial charge is 0.247 e. The topological polar surface area (TPSA) is 89.4 Å². The summed E-state index contributed by atoms with van der Waals surface area (Å²) in [5.74, 6) is -1.66. The fourth-order valence-electron chi connectivity index (χ4n) is 3.73.